The van der Waals surface area contributed by atoms with Gasteiger partial charge in [-0.3, -0.25) is 9.69 Å². The van der Waals surface area contributed by atoms with Crippen LogP contribution >= 0.6 is 12.4 Å². The Morgan fingerprint density at radius 3 is 2.59 bits per heavy atom. The third-order valence-corrected chi connectivity index (χ3v) is 5.01. The van der Waals surface area contributed by atoms with Gasteiger partial charge in [0.15, 0.2) is 0 Å². The average molecular weight is 416 g/mol. The van der Waals surface area contributed by atoms with Gasteiger partial charge in [-0.1, -0.05) is 54.1 Å². The van der Waals surface area contributed by atoms with Gasteiger partial charge in [-0.15, -0.1) is 12.4 Å². The van der Waals surface area contributed by atoms with E-state index in [-0.39, 0.29) is 18.8 Å². The minimum Gasteiger partial charge on any atom is -0.494 e. The number of carboxylic acid groups (broad SMARTS) is 1. The number of carbonyl (C=O) groups is 1. The Hall–Kier alpha value is -2.30. The summed E-state index contributed by atoms with van der Waals surface area (Å²) >= 11 is 0. The number of benzene rings is 2. The number of halogens is 1. The average Bonchev–Trinajstić information content (AvgIpc) is 2.72. The molecule has 0 atom stereocenters. The number of piperidine rings is 1. The molecule has 1 aliphatic heterocycles. The molecule has 0 radical (unpaired) electrons. The summed E-state index contributed by atoms with van der Waals surface area (Å²) in [6.07, 6.45) is 6.65. The Bertz CT molecular complexity index is 774. The molecule has 1 aliphatic rings. The number of aryl methyl sites for hydroxylation is 1. The fraction of sp³-hybridized carbons (Fsp3) is 0.375. The van der Waals surface area contributed by atoms with Gasteiger partial charge in [0.25, 0.3) is 0 Å². The predicted molar refractivity (Wildman–Crippen MR) is 120 cm³/mol. The van der Waals surface area contributed by atoms with Gasteiger partial charge in [-0.2, -0.15) is 0 Å². The maximum absolute atomic E-state index is 10.8. The van der Waals surface area contributed by atoms with E-state index in [1.807, 2.05) is 18.2 Å². The minimum atomic E-state index is -0.726. The Morgan fingerprint density at radius 2 is 1.86 bits per heavy atom. The van der Waals surface area contributed by atoms with E-state index in [9.17, 15) is 4.79 Å². The second kappa shape index (κ2) is 12.3. The summed E-state index contributed by atoms with van der Waals surface area (Å²) in [5.41, 5.74) is 3.89. The fourth-order valence-corrected chi connectivity index (χ4v) is 3.54. The van der Waals surface area contributed by atoms with Crippen LogP contribution in [0.15, 0.2) is 60.2 Å². The van der Waals surface area contributed by atoms with Crippen LogP contribution in [0.3, 0.4) is 0 Å². The molecule has 5 heteroatoms. The van der Waals surface area contributed by atoms with Gasteiger partial charge >= 0.3 is 5.97 Å². The van der Waals surface area contributed by atoms with E-state index in [4.69, 9.17) is 9.84 Å². The highest BCUT2D eigenvalue weighted by Gasteiger charge is 2.15. The lowest BCUT2D eigenvalue weighted by Crippen LogP contribution is -2.33. The van der Waals surface area contributed by atoms with Gasteiger partial charge in [0, 0.05) is 13.1 Å². The van der Waals surface area contributed by atoms with Gasteiger partial charge in [-0.25, -0.2) is 0 Å². The highest BCUT2D eigenvalue weighted by atomic mass is 35.5. The van der Waals surface area contributed by atoms with Crippen LogP contribution in [0.2, 0.25) is 0 Å². The second-order valence-corrected chi connectivity index (χ2v) is 7.33. The van der Waals surface area contributed by atoms with Crippen LogP contribution in [0.5, 0.6) is 5.75 Å². The standard InChI is InChI=1S/C24H29NO3.ClH/c26-24(27)14-16-25-15-4-8-22(19-25)18-21-10-12-23(13-11-21)28-17-5-9-20-6-2-1-3-7-20;/h1-3,6-7,10-13,18H,4-5,8-9,14-17,19H2,(H,26,27);1H. The number of likely N-dealkylation sites (tertiary alicyclic amines) is 1. The zero-order chi connectivity index (χ0) is 19.6. The zero-order valence-electron chi connectivity index (χ0n) is 16.8. The highest BCUT2D eigenvalue weighted by Crippen LogP contribution is 2.20. The number of hydrogen-bond donors (Lipinski definition) is 1. The van der Waals surface area contributed by atoms with Crippen LogP contribution in [-0.2, 0) is 11.2 Å². The Morgan fingerprint density at radius 1 is 1.10 bits per heavy atom. The quantitative estimate of drug-likeness (QED) is 0.580. The molecule has 156 valence electrons. The summed E-state index contributed by atoms with van der Waals surface area (Å²) in [5.74, 6) is 0.178. The lowest BCUT2D eigenvalue weighted by atomic mass is 10.0. The number of aliphatic carboxylic acids is 1. The number of nitrogens with zero attached hydrogens (tertiary/aromatic N) is 1. The molecule has 1 saturated heterocycles. The van der Waals surface area contributed by atoms with Crippen molar-refractivity contribution >= 4 is 24.5 Å². The van der Waals surface area contributed by atoms with Crippen molar-refractivity contribution in [2.75, 3.05) is 26.2 Å². The third-order valence-electron chi connectivity index (χ3n) is 5.01. The van der Waals surface area contributed by atoms with Crippen molar-refractivity contribution < 1.29 is 14.6 Å². The van der Waals surface area contributed by atoms with E-state index in [2.05, 4.69) is 47.4 Å². The Kier molecular flexibility index (Phi) is 9.75. The SMILES string of the molecule is Cl.O=C(O)CCN1CCCC(=Cc2ccc(OCCCc3ccccc3)cc2)C1. The van der Waals surface area contributed by atoms with E-state index >= 15 is 0 Å². The molecule has 0 spiro atoms. The van der Waals surface area contributed by atoms with Gasteiger partial charge in [0.05, 0.1) is 13.0 Å². The van der Waals surface area contributed by atoms with E-state index in [0.29, 0.717) is 13.2 Å². The third kappa shape index (κ3) is 8.30. The molecule has 0 unspecified atom stereocenters. The van der Waals surface area contributed by atoms with Gasteiger partial charge in [-0.05, 0) is 55.5 Å². The lowest BCUT2D eigenvalue weighted by Gasteiger charge is -2.28. The molecule has 1 fully saturated rings. The van der Waals surface area contributed by atoms with E-state index in [1.165, 1.54) is 16.7 Å². The normalized spacial score (nSPS) is 15.7. The van der Waals surface area contributed by atoms with Crippen LogP contribution < -0.4 is 4.74 Å². The Balaban J connectivity index is 0.00000300. The molecule has 0 aliphatic carbocycles. The number of carboxylic acids is 1. The molecule has 1 heterocycles. The molecule has 0 aromatic heterocycles. The number of ether oxygens (including phenoxy) is 1. The first kappa shape index (κ1) is 23.0. The topological polar surface area (TPSA) is 49.8 Å². The summed E-state index contributed by atoms with van der Waals surface area (Å²) in [5, 5.41) is 8.85. The number of hydrogen-bond acceptors (Lipinski definition) is 3. The molecule has 0 amide bonds. The van der Waals surface area contributed by atoms with Crippen LogP contribution in [0.4, 0.5) is 0 Å². The monoisotopic (exact) mass is 415 g/mol. The Labute approximate surface area is 179 Å². The van der Waals surface area contributed by atoms with Crippen molar-refractivity contribution in [1.29, 1.82) is 0 Å². The van der Waals surface area contributed by atoms with Crippen molar-refractivity contribution in [3.8, 4) is 5.75 Å². The molecule has 0 saturated carbocycles. The van der Waals surface area contributed by atoms with Crippen LogP contribution in [0.25, 0.3) is 6.08 Å². The first-order valence-electron chi connectivity index (χ1n) is 10.1. The molecular weight excluding hydrogens is 386 g/mol. The van der Waals surface area contributed by atoms with Gasteiger partial charge in [0.2, 0.25) is 0 Å². The summed E-state index contributed by atoms with van der Waals surface area (Å²) in [6.45, 7) is 3.20. The van der Waals surface area contributed by atoms with Crippen LogP contribution in [0.1, 0.15) is 36.8 Å². The van der Waals surface area contributed by atoms with Crippen LogP contribution in [0, 0.1) is 0 Å². The maximum atomic E-state index is 10.8. The van der Waals surface area contributed by atoms with Crippen molar-refractivity contribution in [2.24, 2.45) is 0 Å². The first-order valence-corrected chi connectivity index (χ1v) is 10.1. The lowest BCUT2D eigenvalue weighted by molar-refractivity contribution is -0.137. The van der Waals surface area contributed by atoms with E-state index in [0.717, 1.165) is 44.5 Å². The van der Waals surface area contributed by atoms with Gasteiger partial charge in [0.1, 0.15) is 5.75 Å². The number of rotatable bonds is 9. The van der Waals surface area contributed by atoms with Crippen LogP contribution in [-0.4, -0.2) is 42.2 Å². The van der Waals surface area contributed by atoms with Crippen molar-refractivity contribution in [1.82, 2.24) is 4.90 Å². The van der Waals surface area contributed by atoms with Gasteiger partial charge < -0.3 is 9.84 Å². The summed E-state index contributed by atoms with van der Waals surface area (Å²) in [4.78, 5) is 13.0. The minimum absolute atomic E-state index is 0. The summed E-state index contributed by atoms with van der Waals surface area (Å²) in [6, 6.07) is 18.7. The van der Waals surface area contributed by atoms with Crippen molar-refractivity contribution in [3.05, 3.63) is 71.3 Å². The molecule has 2 aromatic carbocycles. The maximum Gasteiger partial charge on any atom is 0.304 e. The van der Waals surface area contributed by atoms with E-state index < -0.39 is 5.97 Å². The fourth-order valence-electron chi connectivity index (χ4n) is 3.54. The molecule has 3 rings (SSSR count). The molecule has 4 nitrogen and oxygen atoms in total. The van der Waals surface area contributed by atoms with E-state index in [1.54, 1.807) is 0 Å². The molecule has 29 heavy (non-hydrogen) atoms. The van der Waals surface area contributed by atoms with Crippen molar-refractivity contribution in [3.63, 3.8) is 0 Å². The largest absolute Gasteiger partial charge is 0.494 e. The van der Waals surface area contributed by atoms with Crippen molar-refractivity contribution in [2.45, 2.75) is 32.1 Å². The molecule has 1 N–H and O–H groups in total. The second-order valence-electron chi connectivity index (χ2n) is 7.33. The molecule has 2 aromatic rings. The highest BCUT2D eigenvalue weighted by molar-refractivity contribution is 5.85. The smallest absolute Gasteiger partial charge is 0.304 e. The summed E-state index contributed by atoms with van der Waals surface area (Å²) < 4.78 is 5.86. The first-order chi connectivity index (χ1) is 13.7. The molecule has 0 bridgehead atoms. The molecular formula is C24H30ClNO3. The zero-order valence-corrected chi connectivity index (χ0v) is 17.6. The summed E-state index contributed by atoms with van der Waals surface area (Å²) in [7, 11) is 0. The predicted octanol–water partition coefficient (Wildman–Crippen LogP) is 5.07.